The van der Waals surface area contributed by atoms with Gasteiger partial charge >= 0.3 is 0 Å². The molecule has 2 aromatic rings. The molecule has 0 radical (unpaired) electrons. The van der Waals surface area contributed by atoms with Crippen LogP contribution in [0.3, 0.4) is 0 Å². The van der Waals surface area contributed by atoms with Crippen LogP contribution in [-0.2, 0) is 13.1 Å². The molecule has 0 bridgehead atoms. The van der Waals surface area contributed by atoms with Crippen LogP contribution in [0.4, 0.5) is 5.69 Å². The molecule has 108 valence electrons. The maximum Gasteiger partial charge on any atom is 0.0640 e. The predicted molar refractivity (Wildman–Crippen MR) is 81.8 cm³/mol. The van der Waals surface area contributed by atoms with Crippen LogP contribution in [0.15, 0.2) is 36.7 Å². The number of anilines is 1. The quantitative estimate of drug-likeness (QED) is 0.815. The molecule has 4 nitrogen and oxygen atoms in total. The fraction of sp³-hybridized carbons (Fsp3) is 0.438. The van der Waals surface area contributed by atoms with Crippen molar-refractivity contribution in [2.45, 2.75) is 39.3 Å². The molecule has 1 unspecified atom stereocenters. The molecule has 0 saturated heterocycles. The van der Waals surface area contributed by atoms with Crippen LogP contribution < -0.4 is 5.32 Å². The van der Waals surface area contributed by atoms with Gasteiger partial charge in [-0.3, -0.25) is 4.68 Å². The number of aromatic nitrogens is 2. The highest BCUT2D eigenvalue weighted by Crippen LogP contribution is 2.20. The van der Waals surface area contributed by atoms with Gasteiger partial charge in [-0.05, 0) is 30.0 Å². The SMILES string of the molecule is CCC(C)c1ccc(NCc2cnn(CCO)c2)cc1. The van der Waals surface area contributed by atoms with Gasteiger partial charge in [-0.1, -0.05) is 26.0 Å². The molecule has 0 aliphatic rings. The van der Waals surface area contributed by atoms with Crippen molar-refractivity contribution in [1.29, 1.82) is 0 Å². The molecule has 20 heavy (non-hydrogen) atoms. The van der Waals surface area contributed by atoms with Gasteiger partial charge in [0, 0.05) is 24.0 Å². The largest absolute Gasteiger partial charge is 0.394 e. The summed E-state index contributed by atoms with van der Waals surface area (Å²) in [4.78, 5) is 0. The Labute approximate surface area is 120 Å². The minimum atomic E-state index is 0.117. The number of hydrogen-bond acceptors (Lipinski definition) is 3. The Hall–Kier alpha value is -1.81. The van der Waals surface area contributed by atoms with Gasteiger partial charge in [-0.15, -0.1) is 0 Å². The normalized spacial score (nSPS) is 12.3. The molecule has 0 fully saturated rings. The molecule has 1 aromatic carbocycles. The Kier molecular flexibility index (Phi) is 5.18. The third kappa shape index (κ3) is 3.84. The molecular weight excluding hydrogens is 250 g/mol. The van der Waals surface area contributed by atoms with E-state index in [1.54, 1.807) is 4.68 Å². The Bertz CT molecular complexity index is 519. The van der Waals surface area contributed by atoms with Crippen LogP contribution in [0.2, 0.25) is 0 Å². The molecule has 0 aliphatic heterocycles. The van der Waals surface area contributed by atoms with Gasteiger partial charge in [0.05, 0.1) is 19.3 Å². The highest BCUT2D eigenvalue weighted by molar-refractivity contribution is 5.45. The van der Waals surface area contributed by atoms with E-state index in [-0.39, 0.29) is 6.61 Å². The molecule has 1 atom stereocenters. The van der Waals surface area contributed by atoms with Crippen molar-refractivity contribution in [3.05, 3.63) is 47.8 Å². The first-order valence-corrected chi connectivity index (χ1v) is 7.19. The summed E-state index contributed by atoms with van der Waals surface area (Å²) in [5.41, 5.74) is 3.62. The van der Waals surface area contributed by atoms with Gasteiger partial charge < -0.3 is 10.4 Å². The third-order valence-corrected chi connectivity index (χ3v) is 3.60. The van der Waals surface area contributed by atoms with Crippen molar-refractivity contribution in [2.75, 3.05) is 11.9 Å². The first-order valence-electron chi connectivity index (χ1n) is 7.19. The minimum Gasteiger partial charge on any atom is -0.394 e. The summed E-state index contributed by atoms with van der Waals surface area (Å²) >= 11 is 0. The molecule has 2 N–H and O–H groups in total. The standard InChI is InChI=1S/C16H23N3O/c1-3-13(2)15-4-6-16(7-5-15)17-10-14-11-18-19(12-14)8-9-20/h4-7,11-13,17,20H,3,8-10H2,1-2H3. The Morgan fingerprint density at radius 3 is 2.70 bits per heavy atom. The second kappa shape index (κ2) is 7.10. The summed E-state index contributed by atoms with van der Waals surface area (Å²) in [5.74, 6) is 0.612. The Morgan fingerprint density at radius 1 is 1.30 bits per heavy atom. The number of rotatable bonds is 7. The summed E-state index contributed by atoms with van der Waals surface area (Å²) in [6, 6.07) is 8.62. The fourth-order valence-electron chi connectivity index (χ4n) is 2.09. The van der Waals surface area contributed by atoms with Gasteiger partial charge in [-0.25, -0.2) is 0 Å². The number of nitrogens with one attached hydrogen (secondary N) is 1. The second-order valence-electron chi connectivity index (χ2n) is 5.12. The van der Waals surface area contributed by atoms with Crippen LogP contribution in [0.25, 0.3) is 0 Å². The third-order valence-electron chi connectivity index (χ3n) is 3.60. The molecule has 2 rings (SSSR count). The maximum absolute atomic E-state index is 8.85. The van der Waals surface area contributed by atoms with Crippen LogP contribution in [-0.4, -0.2) is 21.5 Å². The molecule has 4 heteroatoms. The van der Waals surface area contributed by atoms with E-state index in [1.807, 2.05) is 12.4 Å². The van der Waals surface area contributed by atoms with E-state index >= 15 is 0 Å². The summed E-state index contributed by atoms with van der Waals surface area (Å²) in [5, 5.41) is 16.4. The van der Waals surface area contributed by atoms with E-state index in [0.717, 1.165) is 24.2 Å². The zero-order valence-corrected chi connectivity index (χ0v) is 12.2. The molecule has 0 aliphatic carbocycles. The van der Waals surface area contributed by atoms with Crippen molar-refractivity contribution < 1.29 is 5.11 Å². The lowest BCUT2D eigenvalue weighted by Gasteiger charge is -2.10. The van der Waals surface area contributed by atoms with Gasteiger partial charge in [0.1, 0.15) is 0 Å². The van der Waals surface area contributed by atoms with E-state index < -0.39 is 0 Å². The number of nitrogens with zero attached hydrogens (tertiary/aromatic N) is 2. The minimum absolute atomic E-state index is 0.117. The van der Waals surface area contributed by atoms with Crippen LogP contribution in [0.5, 0.6) is 0 Å². The molecule has 1 aromatic heterocycles. The van der Waals surface area contributed by atoms with Crippen LogP contribution >= 0.6 is 0 Å². The number of aliphatic hydroxyl groups is 1. The summed E-state index contributed by atoms with van der Waals surface area (Å²) in [6.07, 6.45) is 4.95. The van der Waals surface area contributed by atoms with Gasteiger partial charge in [0.2, 0.25) is 0 Å². The first kappa shape index (κ1) is 14.6. The summed E-state index contributed by atoms with van der Waals surface area (Å²) < 4.78 is 1.75. The van der Waals surface area contributed by atoms with Gasteiger partial charge in [0.25, 0.3) is 0 Å². The van der Waals surface area contributed by atoms with Crippen LogP contribution in [0.1, 0.15) is 37.3 Å². The molecule has 0 amide bonds. The van der Waals surface area contributed by atoms with E-state index in [1.165, 1.54) is 5.56 Å². The average molecular weight is 273 g/mol. The lowest BCUT2D eigenvalue weighted by Crippen LogP contribution is -2.02. The monoisotopic (exact) mass is 273 g/mol. The number of hydrogen-bond donors (Lipinski definition) is 2. The topological polar surface area (TPSA) is 50.1 Å². The van der Waals surface area contributed by atoms with E-state index in [0.29, 0.717) is 12.5 Å². The fourth-order valence-corrected chi connectivity index (χ4v) is 2.09. The predicted octanol–water partition coefficient (Wildman–Crippen LogP) is 3.00. The number of aliphatic hydroxyl groups excluding tert-OH is 1. The maximum atomic E-state index is 8.85. The first-order chi connectivity index (χ1) is 9.72. The lowest BCUT2D eigenvalue weighted by atomic mass is 9.99. The molecule has 0 saturated carbocycles. The zero-order valence-electron chi connectivity index (χ0n) is 12.2. The Balaban J connectivity index is 1.89. The van der Waals surface area contributed by atoms with Crippen molar-refractivity contribution in [3.63, 3.8) is 0 Å². The van der Waals surface area contributed by atoms with Crippen LogP contribution in [0, 0.1) is 0 Å². The molecular formula is C16H23N3O. The second-order valence-corrected chi connectivity index (χ2v) is 5.12. The lowest BCUT2D eigenvalue weighted by molar-refractivity contribution is 0.269. The van der Waals surface area contributed by atoms with E-state index in [4.69, 9.17) is 5.11 Å². The van der Waals surface area contributed by atoms with Crippen molar-refractivity contribution in [2.24, 2.45) is 0 Å². The van der Waals surface area contributed by atoms with Crippen molar-refractivity contribution in [3.8, 4) is 0 Å². The van der Waals surface area contributed by atoms with Gasteiger partial charge in [0.15, 0.2) is 0 Å². The van der Waals surface area contributed by atoms with E-state index in [2.05, 4.69) is 48.5 Å². The van der Waals surface area contributed by atoms with Crippen molar-refractivity contribution in [1.82, 2.24) is 9.78 Å². The summed E-state index contributed by atoms with van der Waals surface area (Å²) in [7, 11) is 0. The molecule has 0 spiro atoms. The van der Waals surface area contributed by atoms with Crippen molar-refractivity contribution >= 4 is 5.69 Å². The highest BCUT2D eigenvalue weighted by atomic mass is 16.3. The zero-order chi connectivity index (χ0) is 14.4. The Morgan fingerprint density at radius 2 is 2.05 bits per heavy atom. The number of benzene rings is 1. The average Bonchev–Trinajstić information content (AvgIpc) is 2.93. The highest BCUT2D eigenvalue weighted by Gasteiger charge is 2.03. The molecule has 1 heterocycles. The van der Waals surface area contributed by atoms with Gasteiger partial charge in [-0.2, -0.15) is 5.10 Å². The summed E-state index contributed by atoms with van der Waals surface area (Å²) in [6.45, 7) is 5.86. The smallest absolute Gasteiger partial charge is 0.0640 e. The van der Waals surface area contributed by atoms with E-state index in [9.17, 15) is 0 Å².